The number of amides is 1. The van der Waals surface area contributed by atoms with Gasteiger partial charge in [-0.15, -0.1) is 0 Å². The van der Waals surface area contributed by atoms with Gasteiger partial charge in [-0.05, 0) is 30.0 Å². The number of carbonyl (C=O) groups excluding carboxylic acids is 1. The smallest absolute Gasteiger partial charge is 0.227 e. The van der Waals surface area contributed by atoms with Gasteiger partial charge in [0.25, 0.3) is 0 Å². The van der Waals surface area contributed by atoms with Crippen molar-refractivity contribution in [3.8, 4) is 0 Å². The van der Waals surface area contributed by atoms with E-state index in [1.807, 2.05) is 49.4 Å². The number of hydrogen-bond donors (Lipinski definition) is 1. The Balaban J connectivity index is 1.73. The Bertz CT molecular complexity index is 653. The van der Waals surface area contributed by atoms with Crippen molar-refractivity contribution in [3.05, 3.63) is 71.3 Å². The van der Waals surface area contributed by atoms with Crippen LogP contribution in [-0.4, -0.2) is 19.1 Å². The molecule has 2 aromatic carbocycles. The molecule has 0 saturated carbocycles. The molecular formula is C19H21NO2. The van der Waals surface area contributed by atoms with E-state index in [2.05, 4.69) is 17.4 Å². The number of hydrogen-bond acceptors (Lipinski definition) is 2. The number of ether oxygens (including phenoxy) is 1. The first-order valence-electron chi connectivity index (χ1n) is 7.66. The summed E-state index contributed by atoms with van der Waals surface area (Å²) in [6.07, 6.45) is 0.755. The molecule has 3 rings (SSSR count). The van der Waals surface area contributed by atoms with Gasteiger partial charge in [0.1, 0.15) is 6.10 Å². The summed E-state index contributed by atoms with van der Waals surface area (Å²) in [5.74, 6) is -0.117. The van der Waals surface area contributed by atoms with E-state index in [9.17, 15) is 4.79 Å². The van der Waals surface area contributed by atoms with Crippen molar-refractivity contribution < 1.29 is 9.53 Å². The fourth-order valence-corrected chi connectivity index (χ4v) is 3.18. The van der Waals surface area contributed by atoms with Crippen LogP contribution in [0, 0.1) is 0 Å². The van der Waals surface area contributed by atoms with Crippen LogP contribution in [0.15, 0.2) is 54.6 Å². The Morgan fingerprint density at radius 2 is 1.82 bits per heavy atom. The highest BCUT2D eigenvalue weighted by Crippen LogP contribution is 2.34. The Morgan fingerprint density at radius 1 is 1.14 bits per heavy atom. The van der Waals surface area contributed by atoms with E-state index in [0.29, 0.717) is 0 Å². The summed E-state index contributed by atoms with van der Waals surface area (Å²) in [5.41, 5.74) is 3.47. The van der Waals surface area contributed by atoms with E-state index in [-0.39, 0.29) is 24.0 Å². The maximum Gasteiger partial charge on any atom is 0.227 e. The minimum atomic E-state index is -0.164. The van der Waals surface area contributed by atoms with Crippen LogP contribution in [0.4, 0.5) is 0 Å². The zero-order chi connectivity index (χ0) is 15.5. The van der Waals surface area contributed by atoms with Crippen LogP contribution in [-0.2, 0) is 16.0 Å². The first kappa shape index (κ1) is 14.8. The van der Waals surface area contributed by atoms with Gasteiger partial charge in [0.05, 0.1) is 12.0 Å². The molecule has 0 fully saturated rings. The van der Waals surface area contributed by atoms with Gasteiger partial charge in [0, 0.05) is 7.11 Å². The van der Waals surface area contributed by atoms with Crippen molar-refractivity contribution in [1.82, 2.24) is 5.32 Å². The quantitative estimate of drug-likeness (QED) is 0.940. The summed E-state index contributed by atoms with van der Waals surface area (Å²) < 4.78 is 5.62. The second-order valence-electron chi connectivity index (χ2n) is 5.81. The molecule has 0 spiro atoms. The second kappa shape index (κ2) is 6.32. The fourth-order valence-electron chi connectivity index (χ4n) is 3.18. The first-order chi connectivity index (χ1) is 10.7. The minimum absolute atomic E-state index is 0.000984. The van der Waals surface area contributed by atoms with Crippen molar-refractivity contribution in [2.45, 2.75) is 31.4 Å². The number of benzene rings is 2. The fraction of sp³-hybridized carbons (Fsp3) is 0.316. The highest BCUT2D eigenvalue weighted by atomic mass is 16.5. The molecule has 2 aromatic rings. The maximum atomic E-state index is 12.5. The molecule has 0 aromatic heterocycles. The molecule has 3 atom stereocenters. The van der Waals surface area contributed by atoms with E-state index in [4.69, 9.17) is 4.74 Å². The van der Waals surface area contributed by atoms with Gasteiger partial charge < -0.3 is 10.1 Å². The average molecular weight is 295 g/mol. The average Bonchev–Trinajstić information content (AvgIpc) is 2.91. The van der Waals surface area contributed by atoms with Crippen LogP contribution in [0.3, 0.4) is 0 Å². The van der Waals surface area contributed by atoms with Crippen molar-refractivity contribution in [1.29, 1.82) is 0 Å². The highest BCUT2D eigenvalue weighted by Gasteiger charge is 2.34. The molecule has 22 heavy (non-hydrogen) atoms. The van der Waals surface area contributed by atoms with Crippen molar-refractivity contribution in [2.75, 3.05) is 7.11 Å². The molecule has 0 aliphatic heterocycles. The summed E-state index contributed by atoms with van der Waals surface area (Å²) in [6.45, 7) is 1.94. The van der Waals surface area contributed by atoms with Crippen molar-refractivity contribution in [3.63, 3.8) is 0 Å². The van der Waals surface area contributed by atoms with E-state index >= 15 is 0 Å². The molecule has 0 saturated heterocycles. The molecule has 3 heteroatoms. The van der Waals surface area contributed by atoms with E-state index in [0.717, 1.165) is 12.0 Å². The van der Waals surface area contributed by atoms with Gasteiger partial charge in [0.15, 0.2) is 0 Å². The van der Waals surface area contributed by atoms with Crippen molar-refractivity contribution >= 4 is 5.91 Å². The van der Waals surface area contributed by atoms with Gasteiger partial charge in [-0.1, -0.05) is 54.6 Å². The van der Waals surface area contributed by atoms with E-state index in [1.54, 1.807) is 7.11 Å². The summed E-state index contributed by atoms with van der Waals surface area (Å²) >= 11 is 0. The molecule has 0 bridgehead atoms. The Morgan fingerprint density at radius 3 is 2.55 bits per heavy atom. The van der Waals surface area contributed by atoms with Crippen LogP contribution in [0.2, 0.25) is 0 Å². The van der Waals surface area contributed by atoms with Crippen LogP contribution in [0.25, 0.3) is 0 Å². The predicted octanol–water partition coefficient (Wildman–Crippen LogP) is 3.22. The number of fused-ring (bicyclic) bond motifs is 1. The van der Waals surface area contributed by atoms with Crippen molar-refractivity contribution in [2.24, 2.45) is 0 Å². The van der Waals surface area contributed by atoms with Gasteiger partial charge in [-0.25, -0.2) is 0 Å². The third-order valence-electron chi connectivity index (χ3n) is 4.44. The number of methoxy groups -OCH3 is 1. The van der Waals surface area contributed by atoms with Crippen LogP contribution >= 0.6 is 0 Å². The lowest BCUT2D eigenvalue weighted by atomic mass is 9.99. The van der Waals surface area contributed by atoms with E-state index in [1.165, 1.54) is 11.1 Å². The lowest BCUT2D eigenvalue weighted by Gasteiger charge is -2.22. The molecule has 1 aliphatic rings. The Kier molecular flexibility index (Phi) is 4.25. The maximum absolute atomic E-state index is 12.5. The predicted molar refractivity (Wildman–Crippen MR) is 86.7 cm³/mol. The SMILES string of the molecule is CO[C@@H]1c2ccccc2C[C@H]1NC(=O)C(C)c1ccccc1. The molecule has 3 nitrogen and oxygen atoms in total. The van der Waals surface area contributed by atoms with Gasteiger partial charge in [-0.3, -0.25) is 4.79 Å². The van der Waals surface area contributed by atoms with Crippen LogP contribution in [0.1, 0.15) is 35.6 Å². The van der Waals surface area contributed by atoms with Crippen LogP contribution < -0.4 is 5.32 Å². The molecule has 1 aliphatic carbocycles. The second-order valence-corrected chi connectivity index (χ2v) is 5.81. The Labute approximate surface area is 131 Å². The van der Waals surface area contributed by atoms with Gasteiger partial charge in [0.2, 0.25) is 5.91 Å². The topological polar surface area (TPSA) is 38.3 Å². The molecular weight excluding hydrogens is 274 g/mol. The first-order valence-corrected chi connectivity index (χ1v) is 7.66. The largest absolute Gasteiger partial charge is 0.375 e. The summed E-state index contributed by atoms with van der Waals surface area (Å²) in [5, 5.41) is 3.16. The molecule has 1 unspecified atom stereocenters. The van der Waals surface area contributed by atoms with E-state index < -0.39 is 0 Å². The summed E-state index contributed by atoms with van der Waals surface area (Å²) in [6, 6.07) is 18.1. The normalized spacial score (nSPS) is 21.2. The summed E-state index contributed by atoms with van der Waals surface area (Å²) in [7, 11) is 1.70. The third-order valence-corrected chi connectivity index (χ3v) is 4.44. The van der Waals surface area contributed by atoms with Gasteiger partial charge >= 0.3 is 0 Å². The Hall–Kier alpha value is -2.13. The minimum Gasteiger partial charge on any atom is -0.375 e. The third kappa shape index (κ3) is 2.77. The monoisotopic (exact) mass is 295 g/mol. The zero-order valence-corrected chi connectivity index (χ0v) is 13.0. The molecule has 0 heterocycles. The molecule has 1 N–H and O–H groups in total. The lowest BCUT2D eigenvalue weighted by Crippen LogP contribution is -2.40. The lowest BCUT2D eigenvalue weighted by molar-refractivity contribution is -0.123. The molecule has 1 amide bonds. The standard InChI is InChI=1S/C19H21NO2/c1-13(14-8-4-3-5-9-14)19(21)20-17-12-15-10-6-7-11-16(15)18(17)22-2/h3-11,13,17-18H,12H2,1-2H3,(H,20,21)/t13?,17-,18-/m1/s1. The number of nitrogens with one attached hydrogen (secondary N) is 1. The number of rotatable bonds is 4. The zero-order valence-electron chi connectivity index (χ0n) is 13.0. The summed E-state index contributed by atoms with van der Waals surface area (Å²) in [4.78, 5) is 12.5. The highest BCUT2D eigenvalue weighted by molar-refractivity contribution is 5.83. The van der Waals surface area contributed by atoms with Gasteiger partial charge in [-0.2, -0.15) is 0 Å². The van der Waals surface area contributed by atoms with Crippen LogP contribution in [0.5, 0.6) is 0 Å². The molecule has 114 valence electrons. The number of carbonyl (C=O) groups is 1. The molecule has 0 radical (unpaired) electrons.